The van der Waals surface area contributed by atoms with Crippen molar-refractivity contribution in [2.75, 3.05) is 12.3 Å². The average Bonchev–Trinajstić information content (AvgIpc) is 2.36. The Morgan fingerprint density at radius 2 is 2.55 bits per heavy atom. The van der Waals surface area contributed by atoms with Crippen LogP contribution in [-0.4, -0.2) is 12.6 Å². The molecule has 0 bridgehead atoms. The van der Waals surface area contributed by atoms with E-state index in [1.165, 1.54) is 12.3 Å². The number of nitrogen functional groups attached to an aromatic ring is 1. The zero-order valence-corrected chi connectivity index (χ0v) is 6.16. The molecule has 0 saturated carbocycles. The maximum Gasteiger partial charge on any atom is 0.341 e. The van der Waals surface area contributed by atoms with Gasteiger partial charge in [-0.25, -0.2) is 4.79 Å². The normalized spacial score (nSPS) is 9.55. The average molecular weight is 155 g/mol. The van der Waals surface area contributed by atoms with Crippen molar-refractivity contribution in [2.45, 2.75) is 6.92 Å². The van der Waals surface area contributed by atoms with Gasteiger partial charge in [-0.3, -0.25) is 0 Å². The van der Waals surface area contributed by atoms with Crippen LogP contribution in [0.2, 0.25) is 0 Å². The van der Waals surface area contributed by atoms with E-state index in [2.05, 4.69) is 4.74 Å². The zero-order valence-electron chi connectivity index (χ0n) is 6.16. The van der Waals surface area contributed by atoms with Gasteiger partial charge in [0.05, 0.1) is 6.61 Å². The van der Waals surface area contributed by atoms with Crippen LogP contribution in [0.15, 0.2) is 16.7 Å². The molecule has 4 heteroatoms. The summed E-state index contributed by atoms with van der Waals surface area (Å²) in [7, 11) is 0. The lowest BCUT2D eigenvalue weighted by atomic mass is 10.3. The Morgan fingerprint density at radius 3 is 3.00 bits per heavy atom. The quantitative estimate of drug-likeness (QED) is 0.648. The summed E-state index contributed by atoms with van der Waals surface area (Å²) < 4.78 is 9.40. The molecular weight excluding hydrogens is 146 g/mol. The van der Waals surface area contributed by atoms with Crippen LogP contribution in [0.5, 0.6) is 0 Å². The van der Waals surface area contributed by atoms with Crippen molar-refractivity contribution in [3.05, 3.63) is 17.9 Å². The Hall–Kier alpha value is -1.45. The fourth-order valence-corrected chi connectivity index (χ4v) is 0.674. The van der Waals surface area contributed by atoms with E-state index in [-0.39, 0.29) is 5.88 Å². The highest BCUT2D eigenvalue weighted by Gasteiger charge is 2.08. The molecule has 2 N–H and O–H groups in total. The van der Waals surface area contributed by atoms with Gasteiger partial charge in [0.1, 0.15) is 11.8 Å². The second-order valence-corrected chi connectivity index (χ2v) is 1.96. The van der Waals surface area contributed by atoms with Gasteiger partial charge in [0, 0.05) is 6.07 Å². The maximum absolute atomic E-state index is 10.9. The van der Waals surface area contributed by atoms with Crippen LogP contribution >= 0.6 is 0 Å². The first-order valence-electron chi connectivity index (χ1n) is 3.25. The molecule has 0 aliphatic rings. The molecule has 0 amide bonds. The van der Waals surface area contributed by atoms with Crippen molar-refractivity contribution in [1.82, 2.24) is 0 Å². The summed E-state index contributed by atoms with van der Waals surface area (Å²) in [5.74, 6) is -0.194. The highest BCUT2D eigenvalue weighted by atomic mass is 16.5. The van der Waals surface area contributed by atoms with E-state index < -0.39 is 5.97 Å². The Balaban J connectivity index is 2.69. The van der Waals surface area contributed by atoms with Crippen LogP contribution in [0.3, 0.4) is 0 Å². The Morgan fingerprint density at radius 1 is 1.82 bits per heavy atom. The van der Waals surface area contributed by atoms with Gasteiger partial charge in [-0.1, -0.05) is 0 Å². The predicted octanol–water partition coefficient (Wildman–Crippen LogP) is 1.04. The van der Waals surface area contributed by atoms with Crippen molar-refractivity contribution in [3.8, 4) is 0 Å². The number of nitrogens with two attached hydrogens (primary N) is 1. The molecule has 1 aromatic heterocycles. The van der Waals surface area contributed by atoms with E-state index in [0.717, 1.165) is 0 Å². The number of carbonyl (C=O) groups is 1. The van der Waals surface area contributed by atoms with Crippen LogP contribution in [-0.2, 0) is 4.74 Å². The molecule has 0 aliphatic heterocycles. The van der Waals surface area contributed by atoms with Gasteiger partial charge in [0.2, 0.25) is 0 Å². The van der Waals surface area contributed by atoms with Crippen LogP contribution in [0.1, 0.15) is 17.3 Å². The summed E-state index contributed by atoms with van der Waals surface area (Å²) in [5.41, 5.74) is 5.59. The lowest BCUT2D eigenvalue weighted by Gasteiger charge is -1.95. The lowest BCUT2D eigenvalue weighted by molar-refractivity contribution is 0.0525. The van der Waals surface area contributed by atoms with E-state index in [0.29, 0.717) is 12.2 Å². The first-order chi connectivity index (χ1) is 5.24. The summed E-state index contributed by atoms with van der Waals surface area (Å²) in [6, 6.07) is 1.43. The number of rotatable bonds is 2. The predicted molar refractivity (Wildman–Crippen MR) is 39.1 cm³/mol. The monoisotopic (exact) mass is 155 g/mol. The molecule has 1 heterocycles. The summed E-state index contributed by atoms with van der Waals surface area (Å²) in [6.45, 7) is 2.09. The highest BCUT2D eigenvalue weighted by molar-refractivity contribution is 5.89. The van der Waals surface area contributed by atoms with E-state index in [9.17, 15) is 4.79 Å². The van der Waals surface area contributed by atoms with Crippen molar-refractivity contribution in [1.29, 1.82) is 0 Å². The molecule has 0 fully saturated rings. The van der Waals surface area contributed by atoms with Crippen LogP contribution in [0, 0.1) is 0 Å². The van der Waals surface area contributed by atoms with Crippen molar-refractivity contribution >= 4 is 11.9 Å². The smallest absolute Gasteiger partial charge is 0.341 e. The molecule has 0 aliphatic carbocycles. The topological polar surface area (TPSA) is 65.5 Å². The fraction of sp³-hybridized carbons (Fsp3) is 0.286. The number of hydrogen-bond acceptors (Lipinski definition) is 4. The lowest BCUT2D eigenvalue weighted by Crippen LogP contribution is -2.02. The molecule has 60 valence electrons. The van der Waals surface area contributed by atoms with Gasteiger partial charge in [-0.05, 0) is 6.92 Å². The van der Waals surface area contributed by atoms with E-state index >= 15 is 0 Å². The minimum atomic E-state index is -0.409. The summed E-state index contributed by atoms with van der Waals surface area (Å²) >= 11 is 0. The highest BCUT2D eigenvalue weighted by Crippen LogP contribution is 2.09. The first-order valence-corrected chi connectivity index (χ1v) is 3.25. The minimum Gasteiger partial charge on any atom is -0.462 e. The molecule has 0 saturated heterocycles. The van der Waals surface area contributed by atoms with Crippen LogP contribution < -0.4 is 5.73 Å². The molecule has 1 aromatic rings. The largest absolute Gasteiger partial charge is 0.462 e. The number of hydrogen-bond donors (Lipinski definition) is 1. The third kappa shape index (κ3) is 1.73. The van der Waals surface area contributed by atoms with Gasteiger partial charge < -0.3 is 14.9 Å². The second-order valence-electron chi connectivity index (χ2n) is 1.96. The Bertz CT molecular complexity index is 254. The van der Waals surface area contributed by atoms with Crippen molar-refractivity contribution < 1.29 is 13.9 Å². The van der Waals surface area contributed by atoms with Crippen LogP contribution in [0.25, 0.3) is 0 Å². The number of ether oxygens (including phenoxy) is 1. The van der Waals surface area contributed by atoms with Gasteiger partial charge in [-0.15, -0.1) is 0 Å². The second kappa shape index (κ2) is 3.09. The van der Waals surface area contributed by atoms with Gasteiger partial charge >= 0.3 is 5.97 Å². The maximum atomic E-state index is 10.9. The molecule has 0 spiro atoms. The third-order valence-electron chi connectivity index (χ3n) is 1.13. The third-order valence-corrected chi connectivity index (χ3v) is 1.13. The van der Waals surface area contributed by atoms with E-state index in [4.69, 9.17) is 10.2 Å². The SMILES string of the molecule is CCOC(=O)c1coc(N)c1. The van der Waals surface area contributed by atoms with Gasteiger partial charge in [0.25, 0.3) is 0 Å². The number of esters is 1. The number of carbonyl (C=O) groups excluding carboxylic acids is 1. The van der Waals surface area contributed by atoms with Crippen LogP contribution in [0.4, 0.5) is 5.88 Å². The molecule has 11 heavy (non-hydrogen) atoms. The zero-order chi connectivity index (χ0) is 8.27. The molecule has 4 nitrogen and oxygen atoms in total. The number of furan rings is 1. The molecule has 0 radical (unpaired) electrons. The molecular formula is C7H9NO3. The standard InChI is InChI=1S/C7H9NO3/c1-2-10-7(9)5-3-6(8)11-4-5/h3-4H,2,8H2,1H3. The number of anilines is 1. The van der Waals surface area contributed by atoms with Gasteiger partial charge in [-0.2, -0.15) is 0 Å². The Labute approximate surface area is 63.9 Å². The van der Waals surface area contributed by atoms with Crippen molar-refractivity contribution in [2.24, 2.45) is 0 Å². The summed E-state index contributed by atoms with van der Waals surface area (Å²) in [6.07, 6.45) is 1.27. The molecule has 1 rings (SSSR count). The molecule has 0 unspecified atom stereocenters. The first kappa shape index (κ1) is 7.65. The Kier molecular flexibility index (Phi) is 2.15. The summed E-state index contributed by atoms with van der Waals surface area (Å²) in [4.78, 5) is 10.9. The minimum absolute atomic E-state index is 0.216. The molecule has 0 atom stereocenters. The van der Waals surface area contributed by atoms with E-state index in [1.54, 1.807) is 6.92 Å². The van der Waals surface area contributed by atoms with E-state index in [1.807, 2.05) is 0 Å². The fourth-order valence-electron chi connectivity index (χ4n) is 0.674. The molecule has 0 aromatic carbocycles. The van der Waals surface area contributed by atoms with Gasteiger partial charge in [0.15, 0.2) is 5.88 Å². The summed E-state index contributed by atoms with van der Waals surface area (Å²) in [5, 5.41) is 0. The van der Waals surface area contributed by atoms with Crippen molar-refractivity contribution in [3.63, 3.8) is 0 Å².